The summed E-state index contributed by atoms with van der Waals surface area (Å²) < 4.78 is 16.7. The number of alkyl carbamates (subject to hydrolysis) is 1. The highest BCUT2D eigenvalue weighted by Crippen LogP contribution is 2.60. The Morgan fingerprint density at radius 2 is 2.16 bits per heavy atom. The van der Waals surface area contributed by atoms with Gasteiger partial charge in [-0.1, -0.05) is 26.2 Å². The monoisotopic (exact) mass is 352 g/mol. The van der Waals surface area contributed by atoms with Crippen molar-refractivity contribution in [2.75, 3.05) is 13.6 Å². The molecule has 2 amide bonds. The molecule has 0 aromatic carbocycles. The second kappa shape index (κ2) is 7.23. The molecular weight excluding hydrogens is 324 g/mol. The standard InChI is InChI=1S/C18H28N2O5/c1-4-5-6-7-8-20-15(21)12-10-23-16(24-17(22)19-3)14-11(12)9-13-18(14,2)25-13/h10-11,13-14,16H,4-9H2,1-3H3,(H,19,22)(H,20,21)/t11-,13+,14+,16+,18+/m1/s1. The Labute approximate surface area is 148 Å². The van der Waals surface area contributed by atoms with Gasteiger partial charge in [0.1, 0.15) is 5.60 Å². The van der Waals surface area contributed by atoms with Crippen LogP contribution in [0.25, 0.3) is 0 Å². The van der Waals surface area contributed by atoms with Crippen LogP contribution in [0.4, 0.5) is 4.79 Å². The van der Waals surface area contributed by atoms with E-state index < -0.39 is 12.4 Å². The number of ether oxygens (including phenoxy) is 3. The molecule has 25 heavy (non-hydrogen) atoms. The van der Waals surface area contributed by atoms with Gasteiger partial charge in [-0.05, 0) is 19.8 Å². The van der Waals surface area contributed by atoms with Crippen molar-refractivity contribution in [3.63, 3.8) is 0 Å². The lowest BCUT2D eigenvalue weighted by Gasteiger charge is -2.36. The van der Waals surface area contributed by atoms with E-state index in [-0.39, 0.29) is 29.4 Å². The number of fused-ring (bicyclic) bond motifs is 3. The maximum absolute atomic E-state index is 12.6. The lowest BCUT2D eigenvalue weighted by molar-refractivity contribution is -0.142. The Bertz CT molecular complexity index is 564. The number of carbonyl (C=O) groups is 2. The topological polar surface area (TPSA) is 89.2 Å². The van der Waals surface area contributed by atoms with Crippen LogP contribution in [0.15, 0.2) is 11.8 Å². The minimum Gasteiger partial charge on any atom is -0.461 e. The number of nitrogens with one attached hydrogen (secondary N) is 2. The first-order valence-corrected chi connectivity index (χ1v) is 9.21. The molecule has 1 aliphatic carbocycles. The van der Waals surface area contributed by atoms with E-state index in [0.29, 0.717) is 12.1 Å². The highest BCUT2D eigenvalue weighted by atomic mass is 16.7. The van der Waals surface area contributed by atoms with Gasteiger partial charge in [-0.2, -0.15) is 0 Å². The van der Waals surface area contributed by atoms with E-state index >= 15 is 0 Å². The van der Waals surface area contributed by atoms with Gasteiger partial charge in [0.25, 0.3) is 12.2 Å². The van der Waals surface area contributed by atoms with Crippen LogP contribution >= 0.6 is 0 Å². The first-order valence-electron chi connectivity index (χ1n) is 9.21. The molecule has 2 N–H and O–H groups in total. The van der Waals surface area contributed by atoms with Crippen LogP contribution in [-0.2, 0) is 19.0 Å². The van der Waals surface area contributed by atoms with Gasteiger partial charge in [-0.3, -0.25) is 4.79 Å². The van der Waals surface area contributed by atoms with Gasteiger partial charge in [-0.25, -0.2) is 4.79 Å². The first kappa shape index (κ1) is 18.0. The molecule has 1 saturated carbocycles. The van der Waals surface area contributed by atoms with Crippen LogP contribution in [0.1, 0.15) is 46.0 Å². The molecule has 3 aliphatic rings. The molecule has 140 valence electrons. The van der Waals surface area contributed by atoms with Crippen LogP contribution in [0.3, 0.4) is 0 Å². The van der Waals surface area contributed by atoms with Crippen molar-refractivity contribution in [1.82, 2.24) is 10.6 Å². The van der Waals surface area contributed by atoms with Gasteiger partial charge in [0.05, 0.1) is 23.9 Å². The van der Waals surface area contributed by atoms with Crippen molar-refractivity contribution in [2.24, 2.45) is 11.8 Å². The zero-order chi connectivity index (χ0) is 18.0. The van der Waals surface area contributed by atoms with E-state index in [0.717, 1.165) is 19.3 Å². The first-order chi connectivity index (χ1) is 12.0. The third kappa shape index (κ3) is 3.47. The molecule has 7 heteroatoms. The van der Waals surface area contributed by atoms with Crippen LogP contribution in [0.2, 0.25) is 0 Å². The van der Waals surface area contributed by atoms with Crippen molar-refractivity contribution in [3.8, 4) is 0 Å². The Balaban J connectivity index is 1.64. The summed E-state index contributed by atoms with van der Waals surface area (Å²) in [5.74, 6) is -0.266. The molecule has 3 rings (SSSR count). The normalized spacial score (nSPS) is 34.9. The van der Waals surface area contributed by atoms with Gasteiger partial charge in [0.2, 0.25) is 0 Å². The Morgan fingerprint density at radius 1 is 1.36 bits per heavy atom. The molecule has 0 radical (unpaired) electrons. The summed E-state index contributed by atoms with van der Waals surface area (Å²) in [5, 5.41) is 5.41. The quantitative estimate of drug-likeness (QED) is 0.541. The number of carbonyl (C=O) groups excluding carboxylic acids is 2. The summed E-state index contributed by atoms with van der Waals surface area (Å²) in [4.78, 5) is 24.1. The van der Waals surface area contributed by atoms with Gasteiger partial charge < -0.3 is 24.8 Å². The second-order valence-corrected chi connectivity index (χ2v) is 7.21. The van der Waals surface area contributed by atoms with Crippen molar-refractivity contribution >= 4 is 12.0 Å². The Kier molecular flexibility index (Phi) is 5.22. The predicted octanol–water partition coefficient (Wildman–Crippen LogP) is 2.07. The summed E-state index contributed by atoms with van der Waals surface area (Å²) in [5.41, 5.74) is 0.249. The zero-order valence-corrected chi connectivity index (χ0v) is 15.2. The predicted molar refractivity (Wildman–Crippen MR) is 90.5 cm³/mol. The van der Waals surface area contributed by atoms with Crippen molar-refractivity contribution in [3.05, 3.63) is 11.8 Å². The van der Waals surface area contributed by atoms with Gasteiger partial charge in [0, 0.05) is 19.5 Å². The average molecular weight is 352 g/mol. The smallest absolute Gasteiger partial charge is 0.409 e. The zero-order valence-electron chi connectivity index (χ0n) is 15.2. The fraction of sp³-hybridized carbons (Fsp3) is 0.778. The van der Waals surface area contributed by atoms with E-state index in [2.05, 4.69) is 17.6 Å². The van der Waals surface area contributed by atoms with Crippen LogP contribution in [-0.4, -0.2) is 43.6 Å². The van der Waals surface area contributed by atoms with Crippen LogP contribution in [0.5, 0.6) is 0 Å². The third-order valence-electron chi connectivity index (χ3n) is 5.57. The fourth-order valence-corrected chi connectivity index (χ4v) is 4.06. The van der Waals surface area contributed by atoms with Crippen LogP contribution in [0, 0.1) is 11.8 Å². The maximum atomic E-state index is 12.6. The van der Waals surface area contributed by atoms with E-state index in [1.807, 2.05) is 6.92 Å². The number of hydrogen-bond acceptors (Lipinski definition) is 5. The van der Waals surface area contributed by atoms with Crippen molar-refractivity contribution in [2.45, 2.75) is 63.9 Å². The third-order valence-corrected chi connectivity index (χ3v) is 5.57. The van der Waals surface area contributed by atoms with E-state index in [9.17, 15) is 9.59 Å². The van der Waals surface area contributed by atoms with Crippen molar-refractivity contribution in [1.29, 1.82) is 0 Å². The fourth-order valence-electron chi connectivity index (χ4n) is 4.06. The molecule has 0 spiro atoms. The summed E-state index contributed by atoms with van der Waals surface area (Å²) in [6, 6.07) is 0. The molecule has 5 atom stereocenters. The SMILES string of the molecule is CCCCCCNC(=O)C1=CO[C@@H](OC(=O)NC)[C@@H]2[C@@H]1C[C@@H]1O[C@]21C. The molecule has 0 aromatic heterocycles. The number of epoxide rings is 1. The Morgan fingerprint density at radius 3 is 2.88 bits per heavy atom. The molecule has 2 aliphatic heterocycles. The molecule has 0 aromatic rings. The molecule has 7 nitrogen and oxygen atoms in total. The lowest BCUT2D eigenvalue weighted by Crippen LogP contribution is -2.45. The molecule has 0 bridgehead atoms. The number of hydrogen-bond donors (Lipinski definition) is 2. The number of amides is 2. The van der Waals surface area contributed by atoms with E-state index in [4.69, 9.17) is 14.2 Å². The molecule has 2 heterocycles. The van der Waals surface area contributed by atoms with Gasteiger partial charge in [0.15, 0.2) is 0 Å². The van der Waals surface area contributed by atoms with Gasteiger partial charge in [-0.15, -0.1) is 0 Å². The number of rotatable bonds is 7. The lowest BCUT2D eigenvalue weighted by atomic mass is 9.82. The minimum atomic E-state index is -0.733. The van der Waals surface area contributed by atoms with Gasteiger partial charge >= 0.3 is 6.09 Å². The minimum absolute atomic E-state index is 0.0113. The maximum Gasteiger partial charge on any atom is 0.409 e. The largest absolute Gasteiger partial charge is 0.461 e. The van der Waals surface area contributed by atoms with Crippen molar-refractivity contribution < 1.29 is 23.8 Å². The average Bonchev–Trinajstić information content (AvgIpc) is 3.15. The summed E-state index contributed by atoms with van der Waals surface area (Å²) in [7, 11) is 1.50. The summed E-state index contributed by atoms with van der Waals surface area (Å²) >= 11 is 0. The van der Waals surface area contributed by atoms with Crippen LogP contribution < -0.4 is 10.6 Å². The second-order valence-electron chi connectivity index (χ2n) is 7.21. The summed E-state index contributed by atoms with van der Waals surface area (Å²) in [6.07, 6.45) is 5.49. The molecule has 1 saturated heterocycles. The highest BCUT2D eigenvalue weighted by Gasteiger charge is 2.70. The summed E-state index contributed by atoms with van der Waals surface area (Å²) in [6.45, 7) is 4.83. The highest BCUT2D eigenvalue weighted by molar-refractivity contribution is 5.94. The van der Waals surface area contributed by atoms with E-state index in [1.165, 1.54) is 26.2 Å². The molecule has 0 unspecified atom stereocenters. The number of unbranched alkanes of at least 4 members (excludes halogenated alkanes) is 3. The molecule has 2 fully saturated rings. The molecular formula is C18H28N2O5. The Hall–Kier alpha value is -1.76. The van der Waals surface area contributed by atoms with E-state index in [1.54, 1.807) is 0 Å².